The van der Waals surface area contributed by atoms with E-state index in [1.165, 1.54) is 35.3 Å². The predicted molar refractivity (Wildman–Crippen MR) is 165 cm³/mol. The molecule has 1 aromatic heterocycles. The lowest BCUT2D eigenvalue weighted by Crippen LogP contribution is -2.31. The number of rotatable bonds is 16. The molecule has 2 aromatic carbocycles. The van der Waals surface area contributed by atoms with Crippen LogP contribution in [0, 0.1) is 11.8 Å². The van der Waals surface area contributed by atoms with E-state index >= 15 is 0 Å². The molecule has 3 aromatic rings. The molecule has 4 atom stereocenters. The highest BCUT2D eigenvalue weighted by molar-refractivity contribution is 7.86. The van der Waals surface area contributed by atoms with Crippen molar-refractivity contribution in [1.29, 1.82) is 0 Å². The maximum Gasteiger partial charge on any atom is 0.307 e. The van der Waals surface area contributed by atoms with Gasteiger partial charge in [0.15, 0.2) is 11.6 Å². The Labute approximate surface area is 266 Å². The van der Waals surface area contributed by atoms with Crippen LogP contribution in [0.1, 0.15) is 73.8 Å². The number of ether oxygens (including phenoxy) is 1. The van der Waals surface area contributed by atoms with E-state index in [1.807, 2.05) is 0 Å². The Bertz CT molecular complexity index is 1670. The predicted octanol–water partition coefficient (Wildman–Crippen LogP) is 4.65. The number of aromatic nitrogens is 2. The number of nitrogens with zero attached hydrogens (tertiary/aromatic N) is 2. The van der Waals surface area contributed by atoms with Crippen LogP contribution in [0.15, 0.2) is 66.0 Å². The topological polar surface area (TPSA) is 202 Å². The lowest BCUT2D eigenvalue weighted by Gasteiger charge is -2.23. The summed E-state index contributed by atoms with van der Waals surface area (Å²) in [6, 6.07) is 10.9. The van der Waals surface area contributed by atoms with Gasteiger partial charge in [-0.05, 0) is 49.1 Å². The van der Waals surface area contributed by atoms with E-state index < -0.39 is 56.8 Å². The Morgan fingerprint density at radius 2 is 1.70 bits per heavy atom. The van der Waals surface area contributed by atoms with Crippen LogP contribution in [-0.2, 0) is 30.9 Å². The average molecular weight is 656 g/mol. The largest absolute Gasteiger partial charge is 0.490 e. The molecule has 1 aliphatic rings. The third-order valence-electron chi connectivity index (χ3n) is 8.06. The quantitative estimate of drug-likeness (QED) is 0.124. The van der Waals surface area contributed by atoms with Crippen LogP contribution in [0.4, 0.5) is 5.82 Å². The minimum Gasteiger partial charge on any atom is -0.490 e. The maximum atomic E-state index is 14.1. The molecule has 0 aliphatic heterocycles. The fraction of sp³-hybridized carbons (Fsp3) is 0.406. The van der Waals surface area contributed by atoms with Gasteiger partial charge in [0.2, 0.25) is 0 Å². The molecule has 4 rings (SSSR count). The Kier molecular flexibility index (Phi) is 11.3. The van der Waals surface area contributed by atoms with Crippen LogP contribution in [0.3, 0.4) is 0 Å². The van der Waals surface area contributed by atoms with Crippen LogP contribution in [0.25, 0.3) is 0 Å². The van der Waals surface area contributed by atoms with Crippen LogP contribution in [0.5, 0.6) is 5.75 Å². The van der Waals surface area contributed by atoms with Gasteiger partial charge in [-0.3, -0.25) is 23.7 Å². The Morgan fingerprint density at radius 3 is 2.35 bits per heavy atom. The van der Waals surface area contributed by atoms with Gasteiger partial charge in [-0.2, -0.15) is 8.42 Å². The van der Waals surface area contributed by atoms with Crippen molar-refractivity contribution in [2.75, 3.05) is 5.32 Å². The van der Waals surface area contributed by atoms with E-state index in [9.17, 15) is 37.3 Å². The zero-order chi connectivity index (χ0) is 33.4. The number of aliphatic carboxylic acids is 2. The van der Waals surface area contributed by atoms with E-state index in [4.69, 9.17) is 9.84 Å². The normalized spacial score (nSPS) is 18.5. The summed E-state index contributed by atoms with van der Waals surface area (Å²) in [5.41, 5.74) is 0.303. The minimum absolute atomic E-state index is 0.0373. The smallest absolute Gasteiger partial charge is 0.307 e. The number of carbonyl (C=O) groups is 4. The number of hydrogen-bond acceptors (Lipinski definition) is 8. The Hall–Kier alpha value is -4.56. The second kappa shape index (κ2) is 15.1. The number of benzene rings is 2. The summed E-state index contributed by atoms with van der Waals surface area (Å²) in [6.45, 7) is 2.06. The van der Waals surface area contributed by atoms with Gasteiger partial charge in [0.1, 0.15) is 16.7 Å². The monoisotopic (exact) mass is 655 g/mol. The summed E-state index contributed by atoms with van der Waals surface area (Å²) in [7, 11) is -4.67. The van der Waals surface area contributed by atoms with E-state index in [0.29, 0.717) is 24.2 Å². The highest BCUT2D eigenvalue weighted by Crippen LogP contribution is 2.39. The lowest BCUT2D eigenvalue weighted by molar-refractivity contribution is -0.146. The first-order valence-corrected chi connectivity index (χ1v) is 16.5. The number of carboxylic acid groups (broad SMARTS) is 2. The molecule has 0 saturated heterocycles. The molecule has 13 nitrogen and oxygen atoms in total. The van der Waals surface area contributed by atoms with E-state index in [1.54, 1.807) is 24.3 Å². The van der Waals surface area contributed by atoms with Crippen molar-refractivity contribution < 1.29 is 47.1 Å². The average Bonchev–Trinajstić information content (AvgIpc) is 3.64. The van der Waals surface area contributed by atoms with Crippen molar-refractivity contribution in [3.63, 3.8) is 0 Å². The molecular weight excluding hydrogens is 618 g/mol. The number of hydrogen-bond donors (Lipinski definition) is 4. The number of imidazole rings is 1. The second-order valence-electron chi connectivity index (χ2n) is 11.4. The summed E-state index contributed by atoms with van der Waals surface area (Å²) in [4.78, 5) is 53.9. The molecule has 14 heteroatoms. The summed E-state index contributed by atoms with van der Waals surface area (Å²) >= 11 is 0. The molecule has 0 radical (unpaired) electrons. The number of unbranched alkanes of at least 4 members (excludes halogenated alkanes) is 3. The molecule has 1 amide bonds. The third-order valence-corrected chi connectivity index (χ3v) is 8.97. The molecule has 1 saturated carbocycles. The van der Waals surface area contributed by atoms with Gasteiger partial charge in [0.25, 0.3) is 16.0 Å². The van der Waals surface area contributed by atoms with Gasteiger partial charge in [0.05, 0.1) is 30.3 Å². The number of Topliss-reactive ketones (excluding diaryl/α,β-unsaturated/α-hetero) is 1. The molecule has 0 spiro atoms. The minimum atomic E-state index is -4.67. The van der Waals surface area contributed by atoms with Crippen molar-refractivity contribution >= 4 is 39.6 Å². The van der Waals surface area contributed by atoms with Gasteiger partial charge in [0, 0.05) is 12.1 Å². The first kappa shape index (κ1) is 34.3. The third kappa shape index (κ3) is 8.79. The highest BCUT2D eigenvalue weighted by atomic mass is 32.2. The summed E-state index contributed by atoms with van der Waals surface area (Å²) in [6.07, 6.45) is 6.30. The summed E-state index contributed by atoms with van der Waals surface area (Å²) in [5, 5.41) is 21.5. The van der Waals surface area contributed by atoms with Gasteiger partial charge in [-0.25, -0.2) is 4.98 Å². The van der Waals surface area contributed by atoms with E-state index in [2.05, 4.69) is 17.2 Å². The molecular formula is C32H37N3O10S. The highest BCUT2D eigenvalue weighted by Gasteiger charge is 2.46. The number of amides is 1. The first-order chi connectivity index (χ1) is 21.9. The zero-order valence-corrected chi connectivity index (χ0v) is 26.1. The molecule has 1 fully saturated rings. The van der Waals surface area contributed by atoms with Crippen molar-refractivity contribution in [1.82, 2.24) is 9.55 Å². The van der Waals surface area contributed by atoms with Crippen molar-refractivity contribution in [3.8, 4) is 5.75 Å². The standard InChI is InChI=1S/C32H37N3O10S/c1-2-3-4-5-9-26(35-18-28(33-19-35)34-31(39)23-8-6-7-10-27(23)46(42,43)44)30(38)24-16-22(17-25(24)32(40)41)45-21-13-11-20(12-14-21)15-29(36)37/h6-8,10-14,18-19,22,24-26H,2-5,9,15-17H2,1H3,(H,34,39)(H,36,37)(H,40,41)(H,42,43,44)/t22-,24?,25-,26+/m1/s1. The van der Waals surface area contributed by atoms with E-state index in [-0.39, 0.29) is 36.4 Å². The van der Waals surface area contributed by atoms with Gasteiger partial charge >= 0.3 is 11.9 Å². The molecule has 4 N–H and O–H groups in total. The molecule has 1 unspecified atom stereocenters. The number of nitrogens with one attached hydrogen (secondary N) is 1. The van der Waals surface area contributed by atoms with Crippen LogP contribution in [0.2, 0.25) is 0 Å². The van der Waals surface area contributed by atoms with Gasteiger partial charge < -0.3 is 24.8 Å². The molecule has 46 heavy (non-hydrogen) atoms. The Morgan fingerprint density at radius 1 is 1.00 bits per heavy atom. The van der Waals surface area contributed by atoms with Crippen LogP contribution >= 0.6 is 0 Å². The van der Waals surface area contributed by atoms with Crippen molar-refractivity contribution in [2.24, 2.45) is 11.8 Å². The number of carboxylic acids is 2. The number of carbonyl (C=O) groups excluding carboxylic acids is 2. The second-order valence-corrected chi connectivity index (χ2v) is 12.8. The maximum absolute atomic E-state index is 14.1. The Balaban J connectivity index is 1.53. The molecule has 1 heterocycles. The SMILES string of the molecule is CCCCCC[C@@H](C(=O)C1C[C@@H](Oc2ccc(CC(=O)O)cc2)C[C@H]1C(=O)O)n1cnc(NC(=O)c2ccccc2S(=O)(=O)O)c1. The molecule has 0 bridgehead atoms. The van der Waals surface area contributed by atoms with Crippen LogP contribution in [-0.4, -0.2) is 62.5 Å². The van der Waals surface area contributed by atoms with Crippen molar-refractivity contribution in [3.05, 3.63) is 72.2 Å². The fourth-order valence-electron chi connectivity index (χ4n) is 5.81. The number of anilines is 1. The lowest BCUT2D eigenvalue weighted by atomic mass is 9.86. The van der Waals surface area contributed by atoms with Crippen molar-refractivity contribution in [2.45, 2.75) is 75.3 Å². The zero-order valence-electron chi connectivity index (χ0n) is 25.2. The number of ketones is 1. The van der Waals surface area contributed by atoms with Gasteiger partial charge in [-0.1, -0.05) is 56.9 Å². The summed E-state index contributed by atoms with van der Waals surface area (Å²) in [5.74, 6) is -4.56. The van der Waals surface area contributed by atoms with Crippen LogP contribution < -0.4 is 10.1 Å². The van der Waals surface area contributed by atoms with E-state index in [0.717, 1.165) is 25.3 Å². The first-order valence-electron chi connectivity index (χ1n) is 15.0. The molecule has 1 aliphatic carbocycles. The fourth-order valence-corrected chi connectivity index (χ4v) is 6.50. The van der Waals surface area contributed by atoms with Gasteiger partial charge in [-0.15, -0.1) is 0 Å². The summed E-state index contributed by atoms with van der Waals surface area (Å²) < 4.78 is 40.6. The molecule has 246 valence electrons.